The van der Waals surface area contributed by atoms with Gasteiger partial charge in [-0.15, -0.1) is 10.2 Å². The van der Waals surface area contributed by atoms with Gasteiger partial charge in [-0.1, -0.05) is 53.8 Å². The largest absolute Gasteiger partial charge is 0.497 e. The summed E-state index contributed by atoms with van der Waals surface area (Å²) in [5.41, 5.74) is 2.15. The zero-order valence-electron chi connectivity index (χ0n) is 14.7. The van der Waals surface area contributed by atoms with E-state index in [4.69, 9.17) is 4.74 Å². The molecule has 0 radical (unpaired) electrons. The van der Waals surface area contributed by atoms with Crippen molar-refractivity contribution in [2.45, 2.75) is 13.0 Å². The minimum absolute atomic E-state index is 0.210. The second kappa shape index (κ2) is 8.44. The van der Waals surface area contributed by atoms with Gasteiger partial charge in [0.25, 0.3) is 0 Å². The van der Waals surface area contributed by atoms with Gasteiger partial charge in [0.2, 0.25) is 5.13 Å². The molecule has 6 nitrogen and oxygen atoms in total. The number of hydrogen-bond acceptors (Lipinski definition) is 5. The highest BCUT2D eigenvalue weighted by molar-refractivity contribution is 7.15. The predicted molar refractivity (Wildman–Crippen MR) is 103 cm³/mol. The summed E-state index contributed by atoms with van der Waals surface area (Å²) in [5, 5.41) is 12.3. The Labute approximate surface area is 156 Å². The molecule has 0 aliphatic rings. The van der Waals surface area contributed by atoms with E-state index in [9.17, 15) is 4.79 Å². The molecular formula is C19H20N4O2S. The number of hydrogen-bond donors (Lipinski definition) is 1. The molecule has 7 heteroatoms. The fourth-order valence-corrected chi connectivity index (χ4v) is 3.21. The van der Waals surface area contributed by atoms with E-state index in [0.29, 0.717) is 18.1 Å². The molecular weight excluding hydrogens is 348 g/mol. The molecule has 0 unspecified atom stereocenters. The molecule has 3 aromatic rings. The molecule has 0 fully saturated rings. The topological polar surface area (TPSA) is 67.4 Å². The summed E-state index contributed by atoms with van der Waals surface area (Å²) in [6, 6.07) is 17.4. The number of anilines is 1. The van der Waals surface area contributed by atoms with E-state index in [2.05, 4.69) is 15.5 Å². The highest BCUT2D eigenvalue weighted by atomic mass is 32.1. The first-order valence-corrected chi connectivity index (χ1v) is 8.97. The third kappa shape index (κ3) is 4.80. The molecule has 3 rings (SSSR count). The lowest BCUT2D eigenvalue weighted by Crippen LogP contribution is -2.30. The molecule has 0 atom stereocenters. The molecule has 0 saturated heterocycles. The molecule has 0 spiro atoms. The Morgan fingerprint density at radius 2 is 1.88 bits per heavy atom. The molecule has 0 aliphatic heterocycles. The normalized spacial score (nSPS) is 10.4. The lowest BCUT2D eigenvalue weighted by atomic mass is 10.1. The Morgan fingerprint density at radius 1 is 1.12 bits per heavy atom. The SMILES string of the molecule is COc1cccc(Cc2nnc(NC(=O)N(C)Cc3ccccc3)s2)c1. The number of amides is 2. The van der Waals surface area contributed by atoms with Crippen LogP contribution >= 0.6 is 11.3 Å². The molecule has 0 aliphatic carbocycles. The van der Waals surface area contributed by atoms with Crippen LogP contribution in [0.15, 0.2) is 54.6 Å². The average Bonchev–Trinajstić information content (AvgIpc) is 3.09. The Bertz CT molecular complexity index is 867. The third-order valence-electron chi connectivity index (χ3n) is 3.78. The van der Waals surface area contributed by atoms with Crippen molar-refractivity contribution in [2.24, 2.45) is 0 Å². The predicted octanol–water partition coefficient (Wildman–Crippen LogP) is 3.80. The van der Waals surface area contributed by atoms with E-state index in [0.717, 1.165) is 21.9 Å². The molecule has 26 heavy (non-hydrogen) atoms. The maximum Gasteiger partial charge on any atom is 0.323 e. The summed E-state index contributed by atoms with van der Waals surface area (Å²) < 4.78 is 5.23. The van der Waals surface area contributed by atoms with Gasteiger partial charge in [0.1, 0.15) is 10.8 Å². The first-order valence-electron chi connectivity index (χ1n) is 8.15. The smallest absolute Gasteiger partial charge is 0.323 e. The number of nitrogens with one attached hydrogen (secondary N) is 1. The van der Waals surface area contributed by atoms with E-state index in [1.807, 2.05) is 54.6 Å². The van der Waals surface area contributed by atoms with Crippen molar-refractivity contribution >= 4 is 22.5 Å². The summed E-state index contributed by atoms with van der Waals surface area (Å²) in [6.07, 6.45) is 0.643. The summed E-state index contributed by atoms with van der Waals surface area (Å²) >= 11 is 1.37. The van der Waals surface area contributed by atoms with Crippen LogP contribution in [0.4, 0.5) is 9.93 Å². The molecule has 2 amide bonds. The van der Waals surface area contributed by atoms with Gasteiger partial charge in [-0.2, -0.15) is 0 Å². The van der Waals surface area contributed by atoms with Crippen LogP contribution in [0.3, 0.4) is 0 Å². The van der Waals surface area contributed by atoms with Gasteiger partial charge >= 0.3 is 6.03 Å². The molecule has 1 aromatic heterocycles. The number of nitrogens with zero attached hydrogens (tertiary/aromatic N) is 3. The highest BCUT2D eigenvalue weighted by Gasteiger charge is 2.13. The summed E-state index contributed by atoms with van der Waals surface area (Å²) in [5.74, 6) is 0.808. The monoisotopic (exact) mass is 368 g/mol. The van der Waals surface area contributed by atoms with Gasteiger partial charge in [-0.05, 0) is 23.3 Å². The van der Waals surface area contributed by atoms with Crippen LogP contribution in [-0.4, -0.2) is 35.3 Å². The van der Waals surface area contributed by atoms with Crippen molar-refractivity contribution < 1.29 is 9.53 Å². The number of benzene rings is 2. The van der Waals surface area contributed by atoms with Crippen LogP contribution in [0.25, 0.3) is 0 Å². The second-order valence-electron chi connectivity index (χ2n) is 5.80. The Balaban J connectivity index is 1.58. The van der Waals surface area contributed by atoms with Crippen molar-refractivity contribution in [2.75, 3.05) is 19.5 Å². The molecule has 1 heterocycles. The highest BCUT2D eigenvalue weighted by Crippen LogP contribution is 2.21. The van der Waals surface area contributed by atoms with E-state index < -0.39 is 0 Å². The minimum Gasteiger partial charge on any atom is -0.497 e. The standard InChI is InChI=1S/C19H20N4O2S/c1-23(13-14-7-4-3-5-8-14)19(24)20-18-22-21-17(26-18)12-15-9-6-10-16(11-15)25-2/h3-11H,12-13H2,1-2H3,(H,20,22,24). The van der Waals surface area contributed by atoms with Crippen molar-refractivity contribution in [3.8, 4) is 5.75 Å². The molecule has 0 saturated carbocycles. The van der Waals surface area contributed by atoms with Gasteiger partial charge in [0, 0.05) is 20.0 Å². The quantitative estimate of drug-likeness (QED) is 0.719. The van der Waals surface area contributed by atoms with Crippen molar-refractivity contribution in [3.63, 3.8) is 0 Å². The van der Waals surface area contributed by atoms with Crippen LogP contribution < -0.4 is 10.1 Å². The van der Waals surface area contributed by atoms with E-state index in [1.54, 1.807) is 19.1 Å². The van der Waals surface area contributed by atoms with E-state index in [-0.39, 0.29) is 6.03 Å². The number of aromatic nitrogens is 2. The van der Waals surface area contributed by atoms with E-state index in [1.165, 1.54) is 11.3 Å². The second-order valence-corrected chi connectivity index (χ2v) is 6.86. The van der Waals surface area contributed by atoms with Gasteiger partial charge < -0.3 is 9.64 Å². The molecule has 2 aromatic carbocycles. The molecule has 0 bridgehead atoms. The Morgan fingerprint density at radius 3 is 2.65 bits per heavy atom. The van der Waals surface area contributed by atoms with Gasteiger partial charge in [0.15, 0.2) is 0 Å². The summed E-state index contributed by atoms with van der Waals surface area (Å²) in [6.45, 7) is 0.530. The van der Waals surface area contributed by atoms with Gasteiger partial charge in [0.05, 0.1) is 7.11 Å². The Kier molecular flexibility index (Phi) is 5.80. The number of ether oxygens (including phenoxy) is 1. The molecule has 134 valence electrons. The number of methoxy groups -OCH3 is 1. The number of rotatable bonds is 6. The maximum absolute atomic E-state index is 12.3. The minimum atomic E-state index is -0.210. The van der Waals surface area contributed by atoms with Crippen LogP contribution in [0.5, 0.6) is 5.75 Å². The number of urea groups is 1. The first-order chi connectivity index (χ1) is 12.6. The lowest BCUT2D eigenvalue weighted by molar-refractivity contribution is 0.220. The fourth-order valence-electron chi connectivity index (χ4n) is 2.45. The Hall–Kier alpha value is -2.93. The van der Waals surface area contributed by atoms with E-state index >= 15 is 0 Å². The van der Waals surface area contributed by atoms with Crippen LogP contribution in [0, 0.1) is 0 Å². The van der Waals surface area contributed by atoms with Gasteiger partial charge in [-0.25, -0.2) is 4.79 Å². The van der Waals surface area contributed by atoms with Crippen LogP contribution in [0.1, 0.15) is 16.1 Å². The van der Waals surface area contributed by atoms with Crippen LogP contribution in [-0.2, 0) is 13.0 Å². The lowest BCUT2D eigenvalue weighted by Gasteiger charge is -2.16. The zero-order chi connectivity index (χ0) is 18.4. The van der Waals surface area contributed by atoms with Crippen molar-refractivity contribution in [1.29, 1.82) is 0 Å². The average molecular weight is 368 g/mol. The molecule has 1 N–H and O–H groups in total. The fraction of sp³-hybridized carbons (Fsp3) is 0.211. The summed E-state index contributed by atoms with van der Waals surface area (Å²) in [4.78, 5) is 13.9. The third-order valence-corrected chi connectivity index (χ3v) is 4.62. The van der Waals surface area contributed by atoms with Crippen molar-refractivity contribution in [1.82, 2.24) is 15.1 Å². The maximum atomic E-state index is 12.3. The zero-order valence-corrected chi connectivity index (χ0v) is 15.5. The number of carbonyl (C=O) groups excluding carboxylic acids is 1. The first kappa shape index (κ1) is 17.9. The van der Waals surface area contributed by atoms with Gasteiger partial charge in [-0.3, -0.25) is 5.32 Å². The van der Waals surface area contributed by atoms with Crippen LogP contribution in [0.2, 0.25) is 0 Å². The number of carbonyl (C=O) groups is 1. The van der Waals surface area contributed by atoms with Crippen molar-refractivity contribution in [3.05, 3.63) is 70.7 Å². The summed E-state index contributed by atoms with van der Waals surface area (Å²) in [7, 11) is 3.39.